The quantitative estimate of drug-likeness (QED) is 0.903. The summed E-state index contributed by atoms with van der Waals surface area (Å²) in [6.07, 6.45) is -0.754. The van der Waals surface area contributed by atoms with Crippen molar-refractivity contribution in [3.8, 4) is 0 Å². The van der Waals surface area contributed by atoms with Gasteiger partial charge >= 0.3 is 0 Å². The molecule has 1 aliphatic heterocycles. The minimum absolute atomic E-state index is 0.469. The molecule has 19 heavy (non-hydrogen) atoms. The van der Waals surface area contributed by atoms with Gasteiger partial charge in [-0.2, -0.15) is 0 Å². The third-order valence-corrected chi connectivity index (χ3v) is 3.88. The van der Waals surface area contributed by atoms with Crippen molar-refractivity contribution in [2.45, 2.75) is 19.3 Å². The van der Waals surface area contributed by atoms with Crippen molar-refractivity contribution in [1.29, 1.82) is 0 Å². The van der Waals surface area contributed by atoms with Crippen molar-refractivity contribution < 1.29 is 9.84 Å². The van der Waals surface area contributed by atoms with E-state index in [2.05, 4.69) is 0 Å². The van der Waals surface area contributed by atoms with Gasteiger partial charge in [0.2, 0.25) is 0 Å². The Balaban J connectivity index is 1.97. The summed E-state index contributed by atoms with van der Waals surface area (Å²) >= 11 is 12.0. The lowest BCUT2D eigenvalue weighted by molar-refractivity contribution is 0.134. The molecular formula is C15H12Cl2O2. The summed E-state index contributed by atoms with van der Waals surface area (Å²) in [4.78, 5) is 0. The van der Waals surface area contributed by atoms with Crippen LogP contribution in [-0.2, 0) is 18.0 Å². The molecule has 0 saturated heterocycles. The Morgan fingerprint density at radius 2 is 1.79 bits per heavy atom. The third-order valence-electron chi connectivity index (χ3n) is 3.32. The van der Waals surface area contributed by atoms with Crippen LogP contribution in [-0.4, -0.2) is 5.11 Å². The van der Waals surface area contributed by atoms with E-state index in [-0.39, 0.29) is 0 Å². The molecule has 0 radical (unpaired) electrons. The maximum Gasteiger partial charge on any atom is 0.105 e. The predicted octanol–water partition coefficient (Wildman–Crippen LogP) is 4.11. The summed E-state index contributed by atoms with van der Waals surface area (Å²) in [6.45, 7) is 1.25. The molecule has 1 aliphatic rings. The predicted molar refractivity (Wildman–Crippen MR) is 75.5 cm³/mol. The first kappa shape index (κ1) is 12.9. The zero-order valence-electron chi connectivity index (χ0n) is 10.1. The van der Waals surface area contributed by atoms with Gasteiger partial charge in [0.1, 0.15) is 6.10 Å². The van der Waals surface area contributed by atoms with E-state index < -0.39 is 6.10 Å². The molecule has 0 fully saturated rings. The number of aliphatic hydroxyl groups excluding tert-OH is 1. The summed E-state index contributed by atoms with van der Waals surface area (Å²) in [6, 6.07) is 11.0. The van der Waals surface area contributed by atoms with Gasteiger partial charge in [0.05, 0.1) is 13.2 Å². The van der Waals surface area contributed by atoms with Gasteiger partial charge in [-0.25, -0.2) is 0 Å². The minimum atomic E-state index is -0.754. The standard InChI is InChI=1S/C15H12Cl2O2/c16-12-3-4-13(14(17)6-12)15(18)9-1-2-10-7-19-8-11(10)5-9/h1-6,15,18H,7-8H2. The van der Waals surface area contributed by atoms with Crippen molar-refractivity contribution in [3.05, 3.63) is 68.7 Å². The van der Waals surface area contributed by atoms with Crippen molar-refractivity contribution >= 4 is 23.2 Å². The molecule has 2 nitrogen and oxygen atoms in total. The molecule has 3 rings (SSSR count). The van der Waals surface area contributed by atoms with Crippen LogP contribution in [0.3, 0.4) is 0 Å². The smallest absolute Gasteiger partial charge is 0.105 e. The summed E-state index contributed by atoms with van der Waals surface area (Å²) in [7, 11) is 0. The molecule has 0 aliphatic carbocycles. The van der Waals surface area contributed by atoms with Gasteiger partial charge in [0.15, 0.2) is 0 Å². The van der Waals surface area contributed by atoms with Crippen LogP contribution in [0.25, 0.3) is 0 Å². The Morgan fingerprint density at radius 1 is 1.00 bits per heavy atom. The highest BCUT2D eigenvalue weighted by Gasteiger charge is 2.18. The molecule has 1 atom stereocenters. The second-order valence-corrected chi connectivity index (χ2v) is 5.43. The number of benzene rings is 2. The lowest BCUT2D eigenvalue weighted by atomic mass is 9.98. The first-order valence-electron chi connectivity index (χ1n) is 5.97. The van der Waals surface area contributed by atoms with Crippen LogP contribution < -0.4 is 0 Å². The SMILES string of the molecule is OC(c1ccc2c(c1)COC2)c1ccc(Cl)cc1Cl. The van der Waals surface area contributed by atoms with Crippen molar-refractivity contribution in [1.82, 2.24) is 0 Å². The Morgan fingerprint density at radius 3 is 2.58 bits per heavy atom. The second-order valence-electron chi connectivity index (χ2n) is 4.59. The molecule has 98 valence electrons. The largest absolute Gasteiger partial charge is 0.384 e. The molecule has 2 aromatic rings. The number of hydrogen-bond donors (Lipinski definition) is 1. The number of hydrogen-bond acceptors (Lipinski definition) is 2. The molecule has 0 spiro atoms. The highest BCUT2D eigenvalue weighted by Crippen LogP contribution is 2.32. The lowest BCUT2D eigenvalue weighted by Crippen LogP contribution is -2.01. The van der Waals surface area contributed by atoms with Crippen LogP contribution in [0.4, 0.5) is 0 Å². The molecule has 1 unspecified atom stereocenters. The topological polar surface area (TPSA) is 29.5 Å². The molecule has 0 bridgehead atoms. The maximum absolute atomic E-state index is 10.4. The third kappa shape index (κ3) is 2.49. The van der Waals surface area contributed by atoms with Gasteiger partial charge in [-0.1, -0.05) is 47.5 Å². The van der Waals surface area contributed by atoms with Gasteiger partial charge < -0.3 is 9.84 Å². The van der Waals surface area contributed by atoms with E-state index in [0.717, 1.165) is 11.1 Å². The number of aliphatic hydroxyl groups is 1. The monoisotopic (exact) mass is 294 g/mol. The van der Waals surface area contributed by atoms with Gasteiger partial charge in [-0.3, -0.25) is 0 Å². The molecule has 0 saturated carbocycles. The van der Waals surface area contributed by atoms with E-state index >= 15 is 0 Å². The Kier molecular flexibility index (Phi) is 3.50. The molecule has 4 heteroatoms. The number of rotatable bonds is 2. The summed E-state index contributed by atoms with van der Waals surface area (Å²) in [5.41, 5.74) is 3.78. The zero-order chi connectivity index (χ0) is 13.4. The van der Waals surface area contributed by atoms with Crippen molar-refractivity contribution in [2.75, 3.05) is 0 Å². The lowest BCUT2D eigenvalue weighted by Gasteiger charge is -2.14. The maximum atomic E-state index is 10.4. The highest BCUT2D eigenvalue weighted by atomic mass is 35.5. The van der Waals surface area contributed by atoms with Gasteiger partial charge in [-0.15, -0.1) is 0 Å². The van der Waals surface area contributed by atoms with E-state index in [0.29, 0.717) is 28.8 Å². The Labute approximate surface area is 121 Å². The van der Waals surface area contributed by atoms with Crippen LogP contribution in [0.15, 0.2) is 36.4 Å². The average Bonchev–Trinajstić information content (AvgIpc) is 2.85. The number of ether oxygens (including phenoxy) is 1. The number of halogens is 2. The molecule has 0 amide bonds. The van der Waals surface area contributed by atoms with Crippen LogP contribution in [0.1, 0.15) is 28.4 Å². The first-order valence-corrected chi connectivity index (χ1v) is 6.73. The first-order chi connectivity index (χ1) is 9.15. The molecule has 2 aromatic carbocycles. The van der Waals surface area contributed by atoms with Crippen molar-refractivity contribution in [3.63, 3.8) is 0 Å². The van der Waals surface area contributed by atoms with E-state index in [4.69, 9.17) is 27.9 Å². The minimum Gasteiger partial charge on any atom is -0.384 e. The Hall–Kier alpha value is -1.06. The van der Waals surface area contributed by atoms with Crippen LogP contribution in [0.5, 0.6) is 0 Å². The van der Waals surface area contributed by atoms with Crippen LogP contribution >= 0.6 is 23.2 Å². The van der Waals surface area contributed by atoms with E-state index in [1.807, 2.05) is 18.2 Å². The fourth-order valence-corrected chi connectivity index (χ4v) is 2.78. The van der Waals surface area contributed by atoms with Crippen LogP contribution in [0, 0.1) is 0 Å². The number of fused-ring (bicyclic) bond motifs is 1. The molecular weight excluding hydrogens is 283 g/mol. The normalized spacial score (nSPS) is 15.3. The van der Waals surface area contributed by atoms with E-state index in [1.165, 1.54) is 5.56 Å². The Bertz CT molecular complexity index is 626. The molecule has 1 heterocycles. The van der Waals surface area contributed by atoms with Gasteiger partial charge in [0, 0.05) is 15.6 Å². The highest BCUT2D eigenvalue weighted by molar-refractivity contribution is 6.35. The fourth-order valence-electron chi connectivity index (χ4n) is 2.26. The molecule has 1 N–H and O–H groups in total. The summed E-state index contributed by atoms with van der Waals surface area (Å²) in [5, 5.41) is 11.5. The zero-order valence-corrected chi connectivity index (χ0v) is 11.6. The average molecular weight is 295 g/mol. The van der Waals surface area contributed by atoms with Crippen molar-refractivity contribution in [2.24, 2.45) is 0 Å². The van der Waals surface area contributed by atoms with Crippen LogP contribution in [0.2, 0.25) is 10.0 Å². The summed E-state index contributed by atoms with van der Waals surface area (Å²) in [5.74, 6) is 0. The second kappa shape index (κ2) is 5.14. The van der Waals surface area contributed by atoms with E-state index in [1.54, 1.807) is 18.2 Å². The van der Waals surface area contributed by atoms with E-state index in [9.17, 15) is 5.11 Å². The fraction of sp³-hybridized carbons (Fsp3) is 0.200. The summed E-state index contributed by atoms with van der Waals surface area (Å²) < 4.78 is 5.37. The van der Waals surface area contributed by atoms with Gasteiger partial charge in [0.25, 0.3) is 0 Å². The molecule has 0 aromatic heterocycles. The van der Waals surface area contributed by atoms with Gasteiger partial charge in [-0.05, 0) is 28.8 Å².